The third-order valence-electron chi connectivity index (χ3n) is 10.6. The number of aliphatic hydroxyl groups excluding tert-OH is 2. The lowest BCUT2D eigenvalue weighted by atomic mass is 9.89. The predicted octanol–water partition coefficient (Wildman–Crippen LogP) is 7.90. The van der Waals surface area contributed by atoms with Crippen molar-refractivity contribution in [2.75, 3.05) is 38.2 Å². The van der Waals surface area contributed by atoms with Crippen molar-refractivity contribution in [2.24, 2.45) is 11.8 Å². The number of hydrogen-bond donors (Lipinski definition) is 3. The summed E-state index contributed by atoms with van der Waals surface area (Å²) < 4.78 is 45.6. The molecule has 11 heteroatoms. The number of ether oxygens (including phenoxy) is 3. The highest BCUT2D eigenvalue weighted by molar-refractivity contribution is 5.93. The maximum atomic E-state index is 14.5. The molecule has 2 fully saturated rings. The molecule has 0 amide bonds. The van der Waals surface area contributed by atoms with Gasteiger partial charge in [0.2, 0.25) is 0 Å². The Morgan fingerprint density at radius 1 is 1.02 bits per heavy atom. The van der Waals surface area contributed by atoms with Crippen molar-refractivity contribution in [1.82, 2.24) is 9.88 Å². The number of pyridine rings is 1. The summed E-state index contributed by atoms with van der Waals surface area (Å²) in [4.78, 5) is 19.1. The van der Waals surface area contributed by atoms with Gasteiger partial charge in [0, 0.05) is 73.3 Å². The van der Waals surface area contributed by atoms with E-state index < -0.39 is 36.6 Å². The minimum Gasteiger partial charge on any atom is -0.490 e. The average Bonchev–Trinajstić information content (AvgIpc) is 3.75. The lowest BCUT2D eigenvalue weighted by Gasteiger charge is -2.20. The normalized spacial score (nSPS) is 21.6. The molecule has 0 radical (unpaired) electrons. The van der Waals surface area contributed by atoms with E-state index in [9.17, 15) is 23.8 Å². The number of alkyl halides is 2. The summed E-state index contributed by atoms with van der Waals surface area (Å²) >= 11 is 0. The van der Waals surface area contributed by atoms with Crippen LogP contribution in [0, 0.1) is 18.8 Å². The number of fused-ring (bicyclic) bond motifs is 1. The molecule has 9 nitrogen and oxygen atoms in total. The highest BCUT2D eigenvalue weighted by atomic mass is 19.3. The van der Waals surface area contributed by atoms with Crippen LogP contribution in [0.4, 0.5) is 14.5 Å². The van der Waals surface area contributed by atoms with Gasteiger partial charge in [0.05, 0.1) is 12.2 Å². The number of halogens is 2. The summed E-state index contributed by atoms with van der Waals surface area (Å²) in [5, 5.41) is 27.0. The number of likely N-dealkylation sites (tertiary alicyclic amines) is 1. The lowest BCUT2D eigenvalue weighted by Crippen LogP contribution is -2.26. The molecule has 298 valence electrons. The summed E-state index contributed by atoms with van der Waals surface area (Å²) in [7, 11) is 0. The summed E-state index contributed by atoms with van der Waals surface area (Å²) in [6, 6.07) is 23.4. The number of nitrogens with zero attached hydrogens (tertiary/aromatic N) is 2. The molecule has 2 aliphatic rings. The molecular formula is C45H53F2N3O6. The Balaban J connectivity index is 0.858. The first-order valence-corrected chi connectivity index (χ1v) is 19.6. The standard InChI is InChI=1S/C45H53F2N3O6/c1-32-16-17-33(29-50-23-20-35(30-50)49-40-14-9-10-34-28-48-22-19-37(34)40)26-43(32)54-24-25-55-44(53)15-8-3-2-7-13-38-39(42(52)27-41(38)51)18-21-45(46,47)31-56-36-11-5-4-6-12-36/h2,4-7,9-12,14,16-19,21-22,26,28,35,38-39,41-42,49,51-52H,3,8,13,15,20,23-25,27,29-31H2,1H3/t35-,38-,39-,41+,42-/m1/s1. The second-order valence-electron chi connectivity index (χ2n) is 14.9. The Bertz CT molecular complexity index is 1920. The Labute approximate surface area is 328 Å². The second kappa shape index (κ2) is 19.8. The van der Waals surface area contributed by atoms with Crippen molar-refractivity contribution in [1.29, 1.82) is 0 Å². The van der Waals surface area contributed by atoms with Crippen LogP contribution in [-0.4, -0.2) is 83.1 Å². The van der Waals surface area contributed by atoms with E-state index in [1.807, 2.05) is 31.5 Å². The molecule has 1 aromatic heterocycles. The first kappa shape index (κ1) is 40.8. The number of aliphatic hydroxyl groups is 2. The monoisotopic (exact) mass is 769 g/mol. The first-order valence-electron chi connectivity index (χ1n) is 19.6. The third-order valence-corrected chi connectivity index (χ3v) is 10.6. The number of esters is 1. The van der Waals surface area contributed by atoms with Crippen molar-refractivity contribution in [3.05, 3.63) is 121 Å². The third kappa shape index (κ3) is 11.8. The van der Waals surface area contributed by atoms with Gasteiger partial charge in [0.25, 0.3) is 5.92 Å². The Kier molecular flexibility index (Phi) is 14.5. The molecule has 5 atom stereocenters. The number of benzene rings is 3. The fourth-order valence-corrected chi connectivity index (χ4v) is 7.54. The number of aromatic nitrogens is 1. The number of carbonyl (C=O) groups excluding carboxylic acids is 1. The van der Waals surface area contributed by atoms with E-state index in [-0.39, 0.29) is 32.0 Å². The topological polar surface area (TPSA) is 113 Å². The van der Waals surface area contributed by atoms with Crippen molar-refractivity contribution in [3.63, 3.8) is 0 Å². The molecule has 1 saturated carbocycles. The number of nitrogens with one attached hydrogen (secondary N) is 1. The van der Waals surface area contributed by atoms with Gasteiger partial charge in [0.1, 0.15) is 24.7 Å². The molecule has 6 rings (SSSR count). The summed E-state index contributed by atoms with van der Waals surface area (Å²) in [6.07, 6.45) is 10.9. The zero-order valence-corrected chi connectivity index (χ0v) is 31.9. The van der Waals surface area contributed by atoms with Gasteiger partial charge in [-0.25, -0.2) is 0 Å². The largest absolute Gasteiger partial charge is 0.490 e. The number of rotatable bonds is 19. The van der Waals surface area contributed by atoms with E-state index in [2.05, 4.69) is 57.7 Å². The Hall–Kier alpha value is -4.84. The lowest BCUT2D eigenvalue weighted by molar-refractivity contribution is -0.144. The molecule has 0 unspecified atom stereocenters. The van der Waals surface area contributed by atoms with Gasteiger partial charge in [0.15, 0.2) is 6.61 Å². The zero-order valence-electron chi connectivity index (χ0n) is 31.9. The number of unbranched alkanes of at least 4 members (excludes halogenated alkanes) is 1. The van der Waals surface area contributed by atoms with Crippen LogP contribution in [0.25, 0.3) is 10.8 Å². The highest BCUT2D eigenvalue weighted by Crippen LogP contribution is 2.37. The van der Waals surface area contributed by atoms with E-state index >= 15 is 0 Å². The maximum absolute atomic E-state index is 14.5. The van der Waals surface area contributed by atoms with Gasteiger partial charge in [-0.3, -0.25) is 14.7 Å². The van der Waals surface area contributed by atoms with Crippen LogP contribution < -0.4 is 14.8 Å². The number of hydrogen-bond acceptors (Lipinski definition) is 9. The number of carbonyl (C=O) groups is 1. The van der Waals surface area contributed by atoms with Crippen molar-refractivity contribution in [2.45, 2.75) is 76.2 Å². The molecule has 1 saturated heterocycles. The minimum absolute atomic E-state index is 0.128. The van der Waals surface area contributed by atoms with Crippen LogP contribution in [0.15, 0.2) is 109 Å². The Morgan fingerprint density at radius 3 is 2.73 bits per heavy atom. The van der Waals surface area contributed by atoms with Crippen LogP contribution in [-0.2, 0) is 16.1 Å². The molecule has 1 aliphatic heterocycles. The summed E-state index contributed by atoms with van der Waals surface area (Å²) in [5.74, 6) is -3.41. The predicted molar refractivity (Wildman–Crippen MR) is 214 cm³/mol. The van der Waals surface area contributed by atoms with Crippen LogP contribution in [0.3, 0.4) is 0 Å². The van der Waals surface area contributed by atoms with Gasteiger partial charge < -0.3 is 29.7 Å². The van der Waals surface area contributed by atoms with Gasteiger partial charge in [-0.2, -0.15) is 8.78 Å². The fraction of sp³-hybridized carbons (Fsp3) is 0.422. The van der Waals surface area contributed by atoms with Crippen molar-refractivity contribution < 1.29 is 38.0 Å². The minimum atomic E-state index is -3.23. The molecule has 3 aromatic carbocycles. The van der Waals surface area contributed by atoms with E-state index in [0.717, 1.165) is 54.5 Å². The number of aryl methyl sites for hydroxylation is 1. The molecule has 3 N–H and O–H groups in total. The summed E-state index contributed by atoms with van der Waals surface area (Å²) in [5.41, 5.74) is 3.33. The van der Waals surface area contributed by atoms with Gasteiger partial charge in [-0.05, 0) is 86.1 Å². The smallest absolute Gasteiger partial charge is 0.305 e. The van der Waals surface area contributed by atoms with E-state index in [4.69, 9.17) is 14.2 Å². The van der Waals surface area contributed by atoms with Crippen LogP contribution >= 0.6 is 0 Å². The SMILES string of the molecule is Cc1ccc(CN2CC[C@@H](Nc3cccc4cnccc34)C2)cc1OCCOC(=O)CCCC=CC[C@@H]1[C@@H](C=CC(F)(F)COc2ccccc2)[C@H](O)C[C@@H]1O. The van der Waals surface area contributed by atoms with Crippen molar-refractivity contribution >= 4 is 22.4 Å². The average molecular weight is 770 g/mol. The Morgan fingerprint density at radius 2 is 1.88 bits per heavy atom. The zero-order chi connectivity index (χ0) is 39.3. The van der Waals surface area contributed by atoms with Crippen LogP contribution in [0.2, 0.25) is 0 Å². The van der Waals surface area contributed by atoms with E-state index in [1.54, 1.807) is 30.3 Å². The van der Waals surface area contributed by atoms with Crippen molar-refractivity contribution in [3.8, 4) is 11.5 Å². The molecule has 1 aliphatic carbocycles. The summed E-state index contributed by atoms with van der Waals surface area (Å²) in [6.45, 7) is 4.35. The molecule has 2 heterocycles. The molecule has 4 aromatic rings. The van der Waals surface area contributed by atoms with E-state index in [0.29, 0.717) is 31.1 Å². The molecule has 0 bridgehead atoms. The van der Waals surface area contributed by atoms with Crippen LogP contribution in [0.1, 0.15) is 49.7 Å². The van der Waals surface area contributed by atoms with Crippen LogP contribution in [0.5, 0.6) is 11.5 Å². The number of anilines is 1. The highest BCUT2D eigenvalue weighted by Gasteiger charge is 2.40. The molecule has 56 heavy (non-hydrogen) atoms. The number of allylic oxidation sites excluding steroid dienone is 2. The first-order chi connectivity index (χ1) is 27.1. The fourth-order valence-electron chi connectivity index (χ4n) is 7.54. The molecule has 0 spiro atoms. The van der Waals surface area contributed by atoms with Gasteiger partial charge >= 0.3 is 5.97 Å². The molecular weight excluding hydrogens is 717 g/mol. The van der Waals surface area contributed by atoms with E-state index in [1.165, 1.54) is 17.0 Å². The second-order valence-corrected chi connectivity index (χ2v) is 14.9. The van der Waals surface area contributed by atoms with Gasteiger partial charge in [-0.1, -0.05) is 60.7 Å². The van der Waals surface area contributed by atoms with Gasteiger partial charge in [-0.15, -0.1) is 0 Å². The maximum Gasteiger partial charge on any atom is 0.305 e. The quantitative estimate of drug-likeness (QED) is 0.0498. The number of para-hydroxylation sites is 1.